The molecule has 7 heteroatoms. The van der Waals surface area contributed by atoms with E-state index < -0.39 is 11.7 Å². The molecule has 2 rings (SSSR count). The predicted octanol–water partition coefficient (Wildman–Crippen LogP) is 3.04. The molecule has 1 aromatic carbocycles. The number of aromatic nitrogens is 1. The molecule has 0 saturated heterocycles. The van der Waals surface area contributed by atoms with Gasteiger partial charge in [0.05, 0.1) is 17.4 Å². The maximum atomic E-state index is 12.5. The fraction of sp³-hybridized carbons (Fsp3) is 0.357. The summed E-state index contributed by atoms with van der Waals surface area (Å²) in [6.07, 6.45) is -1.58. The van der Waals surface area contributed by atoms with Gasteiger partial charge in [0.25, 0.3) is 0 Å². The number of nitrogens with two attached hydrogens (primary N) is 1. The lowest BCUT2D eigenvalue weighted by Gasteiger charge is -2.08. The highest BCUT2D eigenvalue weighted by Gasteiger charge is 2.29. The van der Waals surface area contributed by atoms with Crippen LogP contribution in [0, 0.1) is 0 Å². The molecule has 0 amide bonds. The molecule has 2 aromatic rings. The minimum absolute atomic E-state index is 0.378. The van der Waals surface area contributed by atoms with Gasteiger partial charge in [-0.3, -0.25) is 0 Å². The van der Waals surface area contributed by atoms with Gasteiger partial charge in [0.2, 0.25) is 0 Å². The Balaban J connectivity index is 2.03. The third-order valence-electron chi connectivity index (χ3n) is 2.99. The Kier molecular flexibility index (Phi) is 4.85. The highest BCUT2D eigenvalue weighted by atomic mass is 19.4. The smallest absolute Gasteiger partial charge is 0.381 e. The van der Waals surface area contributed by atoms with Gasteiger partial charge in [0.1, 0.15) is 0 Å². The zero-order valence-electron chi connectivity index (χ0n) is 11.3. The van der Waals surface area contributed by atoms with Crippen molar-refractivity contribution in [2.24, 2.45) is 5.73 Å². The van der Waals surface area contributed by atoms with Crippen LogP contribution in [-0.2, 0) is 12.6 Å². The molecule has 0 bridgehead atoms. The molecule has 0 atom stereocenters. The van der Waals surface area contributed by atoms with Gasteiger partial charge in [-0.05, 0) is 30.7 Å². The van der Waals surface area contributed by atoms with E-state index >= 15 is 0 Å². The van der Waals surface area contributed by atoms with Crippen LogP contribution in [0.4, 0.5) is 18.9 Å². The van der Waals surface area contributed by atoms with Gasteiger partial charge in [-0.1, -0.05) is 17.3 Å². The Morgan fingerprint density at radius 2 is 1.90 bits per heavy atom. The van der Waals surface area contributed by atoms with E-state index in [1.807, 2.05) is 0 Å². The lowest BCUT2D eigenvalue weighted by atomic mass is 10.1. The zero-order valence-corrected chi connectivity index (χ0v) is 11.3. The number of alkyl halides is 3. The van der Waals surface area contributed by atoms with Gasteiger partial charge in [-0.2, -0.15) is 13.2 Å². The number of benzene rings is 1. The van der Waals surface area contributed by atoms with E-state index in [2.05, 4.69) is 10.5 Å². The fourth-order valence-corrected chi connectivity index (χ4v) is 1.86. The molecule has 0 saturated carbocycles. The van der Waals surface area contributed by atoms with Crippen molar-refractivity contribution in [3.8, 4) is 0 Å². The lowest BCUT2D eigenvalue weighted by Crippen LogP contribution is -2.09. The molecule has 0 aliphatic heterocycles. The molecule has 3 N–H and O–H groups in total. The topological polar surface area (TPSA) is 64.1 Å². The lowest BCUT2D eigenvalue weighted by molar-refractivity contribution is -0.137. The Morgan fingerprint density at radius 1 is 1.19 bits per heavy atom. The average molecular weight is 299 g/mol. The van der Waals surface area contributed by atoms with Crippen molar-refractivity contribution in [1.82, 2.24) is 5.16 Å². The Hall–Kier alpha value is -2.02. The van der Waals surface area contributed by atoms with Crippen molar-refractivity contribution in [1.29, 1.82) is 0 Å². The molecular formula is C14H16F3N3O. The summed E-state index contributed by atoms with van der Waals surface area (Å²) in [5.74, 6) is 0.590. The van der Waals surface area contributed by atoms with Crippen molar-refractivity contribution in [2.45, 2.75) is 19.0 Å². The van der Waals surface area contributed by atoms with Crippen LogP contribution in [0.5, 0.6) is 0 Å². The van der Waals surface area contributed by atoms with Gasteiger partial charge in [-0.25, -0.2) is 0 Å². The molecule has 0 aliphatic carbocycles. The molecule has 0 radical (unpaired) electrons. The van der Waals surface area contributed by atoms with Crippen molar-refractivity contribution < 1.29 is 17.7 Å². The van der Waals surface area contributed by atoms with Gasteiger partial charge in [-0.15, -0.1) is 0 Å². The molecule has 0 aliphatic rings. The highest BCUT2D eigenvalue weighted by Crippen LogP contribution is 2.29. The van der Waals surface area contributed by atoms with Crippen molar-refractivity contribution in [3.63, 3.8) is 0 Å². The summed E-state index contributed by atoms with van der Waals surface area (Å²) in [6, 6.07) is 5.00. The number of hydrogen-bond donors (Lipinski definition) is 2. The molecule has 0 unspecified atom stereocenters. The first-order valence-corrected chi connectivity index (χ1v) is 6.54. The average Bonchev–Trinajstić information content (AvgIpc) is 2.86. The minimum Gasteiger partial charge on any atom is -0.381 e. The molecule has 21 heavy (non-hydrogen) atoms. The first-order valence-electron chi connectivity index (χ1n) is 6.54. The molecular weight excluding hydrogens is 283 g/mol. The van der Waals surface area contributed by atoms with Crippen LogP contribution in [-0.4, -0.2) is 18.2 Å². The van der Waals surface area contributed by atoms with Gasteiger partial charge >= 0.3 is 6.18 Å². The number of hydrogen-bond acceptors (Lipinski definition) is 4. The van der Waals surface area contributed by atoms with E-state index in [1.165, 1.54) is 12.1 Å². The molecule has 1 aromatic heterocycles. The second-order valence-corrected chi connectivity index (χ2v) is 4.60. The SMILES string of the molecule is NCCCNc1cnoc1Cc1ccc(C(F)(F)F)cc1. The van der Waals surface area contributed by atoms with E-state index in [9.17, 15) is 13.2 Å². The summed E-state index contributed by atoms with van der Waals surface area (Å²) < 4.78 is 42.6. The summed E-state index contributed by atoms with van der Waals surface area (Å²) in [6.45, 7) is 1.27. The summed E-state index contributed by atoms with van der Waals surface area (Å²) in [7, 11) is 0. The van der Waals surface area contributed by atoms with Crippen molar-refractivity contribution >= 4 is 5.69 Å². The normalized spacial score (nSPS) is 11.6. The van der Waals surface area contributed by atoms with Crippen LogP contribution in [0.2, 0.25) is 0 Å². The first kappa shape index (κ1) is 15.4. The van der Waals surface area contributed by atoms with Gasteiger partial charge < -0.3 is 15.6 Å². The molecule has 0 fully saturated rings. The van der Waals surface area contributed by atoms with Crippen LogP contribution in [0.3, 0.4) is 0 Å². The number of rotatable bonds is 6. The number of halogens is 3. The number of anilines is 1. The monoisotopic (exact) mass is 299 g/mol. The standard InChI is InChI=1S/C14H16F3N3O/c15-14(16,17)11-4-2-10(3-5-11)8-13-12(9-20-21-13)19-7-1-6-18/h2-5,9,19H,1,6-8,18H2. The van der Waals surface area contributed by atoms with Crippen LogP contribution < -0.4 is 11.1 Å². The maximum absolute atomic E-state index is 12.5. The summed E-state index contributed by atoms with van der Waals surface area (Å²) in [5, 5.41) is 6.84. The highest BCUT2D eigenvalue weighted by molar-refractivity contribution is 5.46. The first-order chi connectivity index (χ1) is 10.0. The number of nitrogens with one attached hydrogen (secondary N) is 1. The summed E-state index contributed by atoms with van der Waals surface area (Å²) in [4.78, 5) is 0. The minimum atomic E-state index is -4.32. The quantitative estimate of drug-likeness (QED) is 0.805. The van der Waals surface area contributed by atoms with Gasteiger partial charge in [0, 0.05) is 13.0 Å². The summed E-state index contributed by atoms with van der Waals surface area (Å²) in [5.41, 5.74) is 6.21. The number of nitrogens with zero attached hydrogens (tertiary/aromatic N) is 1. The van der Waals surface area contributed by atoms with E-state index in [1.54, 1.807) is 6.20 Å². The maximum Gasteiger partial charge on any atom is 0.416 e. The fourth-order valence-electron chi connectivity index (χ4n) is 1.86. The van der Waals surface area contributed by atoms with E-state index in [0.29, 0.717) is 25.3 Å². The van der Waals surface area contributed by atoms with Crippen LogP contribution >= 0.6 is 0 Å². The Bertz CT molecular complexity index is 564. The molecule has 0 spiro atoms. The third-order valence-corrected chi connectivity index (χ3v) is 2.99. The van der Waals surface area contributed by atoms with Crippen LogP contribution in [0.25, 0.3) is 0 Å². The van der Waals surface area contributed by atoms with Crippen LogP contribution in [0.15, 0.2) is 35.0 Å². The molecule has 114 valence electrons. The van der Waals surface area contributed by atoms with Crippen LogP contribution in [0.1, 0.15) is 23.3 Å². The van der Waals surface area contributed by atoms with E-state index in [0.717, 1.165) is 29.8 Å². The van der Waals surface area contributed by atoms with Crippen molar-refractivity contribution in [2.75, 3.05) is 18.4 Å². The Morgan fingerprint density at radius 3 is 2.52 bits per heavy atom. The third kappa shape index (κ3) is 4.22. The van der Waals surface area contributed by atoms with E-state index in [-0.39, 0.29) is 0 Å². The second-order valence-electron chi connectivity index (χ2n) is 4.60. The van der Waals surface area contributed by atoms with Crippen molar-refractivity contribution in [3.05, 3.63) is 47.3 Å². The molecule has 4 nitrogen and oxygen atoms in total. The Labute approximate surface area is 120 Å². The predicted molar refractivity (Wildman–Crippen MR) is 72.9 cm³/mol. The molecule has 1 heterocycles. The van der Waals surface area contributed by atoms with E-state index in [4.69, 9.17) is 10.3 Å². The summed E-state index contributed by atoms with van der Waals surface area (Å²) >= 11 is 0. The second kappa shape index (κ2) is 6.62. The van der Waals surface area contributed by atoms with Gasteiger partial charge in [0.15, 0.2) is 5.76 Å². The zero-order chi connectivity index (χ0) is 15.3. The largest absolute Gasteiger partial charge is 0.416 e.